The van der Waals surface area contributed by atoms with Gasteiger partial charge in [0.05, 0.1) is 28.8 Å². The first-order chi connectivity index (χ1) is 14.3. The molecule has 9 nitrogen and oxygen atoms in total. The number of benzene rings is 2. The zero-order valence-electron chi connectivity index (χ0n) is 16.4. The van der Waals surface area contributed by atoms with Crippen LogP contribution in [0.3, 0.4) is 0 Å². The van der Waals surface area contributed by atoms with Gasteiger partial charge in [-0.05, 0) is 32.0 Å². The van der Waals surface area contributed by atoms with Gasteiger partial charge in [0.25, 0.3) is 11.4 Å². The zero-order valence-corrected chi connectivity index (χ0v) is 16.4. The van der Waals surface area contributed by atoms with Crippen LogP contribution >= 0.6 is 0 Å². The lowest BCUT2D eigenvalue weighted by Crippen LogP contribution is -2.33. The molecule has 1 aromatic heterocycles. The maximum Gasteiger partial charge on any atom is 0.325 e. The van der Waals surface area contributed by atoms with Crippen LogP contribution in [-0.2, 0) is 9.59 Å². The summed E-state index contributed by atoms with van der Waals surface area (Å²) >= 11 is 0. The Morgan fingerprint density at radius 1 is 1.10 bits per heavy atom. The van der Waals surface area contributed by atoms with E-state index >= 15 is 0 Å². The molecule has 0 unspecified atom stereocenters. The van der Waals surface area contributed by atoms with Gasteiger partial charge in [0.15, 0.2) is 0 Å². The lowest BCUT2D eigenvalue weighted by atomic mass is 10.1. The molecule has 0 saturated carbocycles. The first-order valence-corrected chi connectivity index (χ1v) is 9.18. The summed E-state index contributed by atoms with van der Waals surface area (Å²) in [5.41, 5.74) is -0.256. The number of carbonyl (C=O) groups is 3. The minimum atomic E-state index is -1.05. The molecule has 3 rings (SSSR count). The van der Waals surface area contributed by atoms with Crippen molar-refractivity contribution in [3.05, 3.63) is 70.0 Å². The highest BCUT2D eigenvalue weighted by atomic mass is 16.5. The van der Waals surface area contributed by atoms with E-state index in [1.165, 1.54) is 19.1 Å². The summed E-state index contributed by atoms with van der Waals surface area (Å²) in [4.78, 5) is 49.8. The second-order valence-electron chi connectivity index (χ2n) is 6.42. The van der Waals surface area contributed by atoms with Gasteiger partial charge in [0, 0.05) is 11.0 Å². The maximum absolute atomic E-state index is 12.6. The summed E-state index contributed by atoms with van der Waals surface area (Å²) in [6, 6.07) is 12.5. The van der Waals surface area contributed by atoms with Crippen molar-refractivity contribution >= 4 is 34.2 Å². The summed E-state index contributed by atoms with van der Waals surface area (Å²) < 4.78 is 6.15. The number of ether oxygens (including phenoxy) is 1. The van der Waals surface area contributed by atoms with Gasteiger partial charge in [-0.25, -0.2) is 0 Å². The van der Waals surface area contributed by atoms with Crippen LogP contribution in [0.15, 0.2) is 48.5 Å². The van der Waals surface area contributed by atoms with Crippen molar-refractivity contribution < 1.29 is 23.5 Å². The molecule has 0 radical (unpaired) electrons. The van der Waals surface area contributed by atoms with Crippen molar-refractivity contribution in [2.45, 2.75) is 20.3 Å². The molecule has 1 heterocycles. The Hall–Kier alpha value is -4.01. The number of amides is 1. The highest BCUT2D eigenvalue weighted by molar-refractivity contribution is 6.44. The van der Waals surface area contributed by atoms with Crippen molar-refractivity contribution in [2.24, 2.45) is 0 Å². The van der Waals surface area contributed by atoms with Crippen LogP contribution in [0.5, 0.6) is 5.75 Å². The molecule has 0 aliphatic heterocycles. The predicted molar refractivity (Wildman–Crippen MR) is 109 cm³/mol. The molecule has 30 heavy (non-hydrogen) atoms. The van der Waals surface area contributed by atoms with Gasteiger partial charge < -0.3 is 20.0 Å². The monoisotopic (exact) mass is 409 g/mol. The SMILES string of the molecule is CCOc1ccccc1NC(=O)C(=O)CC(=O)c1c(C)n([O-])c2ccccc2[n+]1=O. The normalized spacial score (nSPS) is 10.6. The fourth-order valence-electron chi connectivity index (χ4n) is 3.02. The third-order valence-electron chi connectivity index (χ3n) is 4.44. The van der Waals surface area contributed by atoms with Crippen molar-refractivity contribution in [3.63, 3.8) is 0 Å². The van der Waals surface area contributed by atoms with Crippen molar-refractivity contribution in [1.82, 2.24) is 4.73 Å². The first kappa shape index (κ1) is 20.7. The average Bonchev–Trinajstić information content (AvgIpc) is 2.73. The number of fused-ring (bicyclic) bond motifs is 1. The number of Topliss-reactive ketones (excluding diaryl/α,β-unsaturated/α-hetero) is 2. The molecule has 2 aromatic carbocycles. The Morgan fingerprint density at radius 2 is 1.77 bits per heavy atom. The van der Waals surface area contributed by atoms with Crippen LogP contribution in [0.4, 0.5) is 5.69 Å². The van der Waals surface area contributed by atoms with E-state index in [2.05, 4.69) is 5.32 Å². The molecule has 1 amide bonds. The average molecular weight is 409 g/mol. The molecular formula is C21H19N3O6. The largest absolute Gasteiger partial charge is 0.805 e. The Labute approximate surface area is 171 Å². The molecule has 0 saturated heterocycles. The van der Waals surface area contributed by atoms with Gasteiger partial charge in [0.1, 0.15) is 11.3 Å². The van der Waals surface area contributed by atoms with E-state index in [1.54, 1.807) is 43.3 Å². The number of nitrogens with zero attached hydrogens (tertiary/aromatic N) is 2. The minimum absolute atomic E-state index is 0.0102. The summed E-state index contributed by atoms with van der Waals surface area (Å²) in [6.45, 7) is 3.44. The summed E-state index contributed by atoms with van der Waals surface area (Å²) in [6.07, 6.45) is -0.857. The fourth-order valence-corrected chi connectivity index (χ4v) is 3.02. The number of carbonyl (C=O) groups excluding carboxylic acids is 3. The number of aromatic nitrogens is 2. The van der Waals surface area contributed by atoms with Crippen molar-refractivity contribution in [3.8, 4) is 5.75 Å². The fraction of sp³-hybridized carbons (Fsp3) is 0.190. The Morgan fingerprint density at radius 3 is 2.50 bits per heavy atom. The van der Waals surface area contributed by atoms with E-state index in [0.29, 0.717) is 21.5 Å². The van der Waals surface area contributed by atoms with Crippen LogP contribution in [0.2, 0.25) is 0 Å². The quantitative estimate of drug-likeness (QED) is 0.277. The van der Waals surface area contributed by atoms with Crippen LogP contribution in [0.25, 0.3) is 11.0 Å². The Balaban J connectivity index is 1.84. The summed E-state index contributed by atoms with van der Waals surface area (Å²) in [7, 11) is 0. The standard InChI is InChI=1S/C21H19N3O6/c1-3-30-19-11-7-4-8-14(19)22-21(27)18(26)12-17(25)20-13(2)23(28)15-9-5-6-10-16(15)24(20)29/h4-11H,3,12H2,1-2H3,(H,22,27). The molecule has 0 spiro atoms. The number of anilines is 1. The topological polar surface area (TPSA) is 123 Å². The van der Waals surface area contributed by atoms with E-state index < -0.39 is 29.6 Å². The zero-order chi connectivity index (χ0) is 21.8. The van der Waals surface area contributed by atoms with E-state index in [-0.39, 0.29) is 22.4 Å². The van der Waals surface area contributed by atoms with Gasteiger partial charge in [0.2, 0.25) is 11.6 Å². The number of ketones is 2. The predicted octanol–water partition coefficient (Wildman–Crippen LogP) is 2.39. The van der Waals surface area contributed by atoms with Crippen molar-refractivity contribution in [1.29, 1.82) is 0 Å². The van der Waals surface area contributed by atoms with E-state index in [9.17, 15) is 24.5 Å². The molecular weight excluding hydrogens is 390 g/mol. The number of hydrogen-bond donors (Lipinski definition) is 1. The van der Waals surface area contributed by atoms with Crippen molar-refractivity contribution in [2.75, 3.05) is 11.9 Å². The third kappa shape index (κ3) is 3.90. The van der Waals surface area contributed by atoms with Crippen LogP contribution in [-0.4, -0.2) is 28.8 Å². The lowest BCUT2D eigenvalue weighted by Gasteiger charge is -2.15. The number of para-hydroxylation sites is 4. The van der Waals surface area contributed by atoms with Gasteiger partial charge in [-0.2, -0.15) is 0 Å². The highest BCUT2D eigenvalue weighted by Crippen LogP contribution is 2.23. The van der Waals surface area contributed by atoms with Crippen LogP contribution < -0.4 is 14.5 Å². The second kappa shape index (κ2) is 8.56. The van der Waals surface area contributed by atoms with Crippen LogP contribution in [0.1, 0.15) is 29.5 Å². The molecule has 3 aromatic rings. The summed E-state index contributed by atoms with van der Waals surface area (Å²) in [5.74, 6) is -2.61. The molecule has 154 valence electrons. The second-order valence-corrected chi connectivity index (χ2v) is 6.42. The molecule has 0 fully saturated rings. The maximum atomic E-state index is 12.6. The lowest BCUT2D eigenvalue weighted by molar-refractivity contribution is -0.468. The van der Waals surface area contributed by atoms with Gasteiger partial charge >= 0.3 is 5.69 Å². The van der Waals surface area contributed by atoms with Crippen LogP contribution in [0, 0.1) is 17.0 Å². The van der Waals surface area contributed by atoms with Gasteiger partial charge in [-0.1, -0.05) is 24.3 Å². The van der Waals surface area contributed by atoms with E-state index in [1.807, 2.05) is 0 Å². The molecule has 1 N–H and O–H groups in total. The third-order valence-corrected chi connectivity index (χ3v) is 4.44. The van der Waals surface area contributed by atoms with E-state index in [4.69, 9.17) is 4.74 Å². The molecule has 0 aliphatic carbocycles. The Bertz CT molecular complexity index is 1220. The smallest absolute Gasteiger partial charge is 0.325 e. The highest BCUT2D eigenvalue weighted by Gasteiger charge is 2.30. The number of rotatable bonds is 7. The molecule has 9 heteroatoms. The molecule has 0 atom stereocenters. The first-order valence-electron chi connectivity index (χ1n) is 9.18. The minimum Gasteiger partial charge on any atom is -0.805 e. The van der Waals surface area contributed by atoms with E-state index in [0.717, 1.165) is 0 Å². The number of nitrogens with one attached hydrogen (secondary N) is 1. The Kier molecular flexibility index (Phi) is 5.91. The number of hydrogen-bond acceptors (Lipinski definition) is 6. The summed E-state index contributed by atoms with van der Waals surface area (Å²) in [5, 5.41) is 14.8. The molecule has 0 bridgehead atoms. The van der Waals surface area contributed by atoms with Gasteiger partial charge in [-0.3, -0.25) is 14.4 Å². The van der Waals surface area contributed by atoms with Gasteiger partial charge in [-0.15, -0.1) is 0 Å². The molecule has 0 aliphatic rings.